The maximum absolute atomic E-state index is 14.2. The number of hydrogen-bond donors (Lipinski definition) is 3. The van der Waals surface area contributed by atoms with Crippen molar-refractivity contribution in [2.24, 2.45) is 5.73 Å². The van der Waals surface area contributed by atoms with Crippen LogP contribution in [0.2, 0.25) is 0 Å². The van der Waals surface area contributed by atoms with Crippen LogP contribution in [0.4, 0.5) is 20.3 Å². The van der Waals surface area contributed by atoms with E-state index in [1.54, 1.807) is 6.07 Å². The number of alkyl halides is 1. The third kappa shape index (κ3) is 4.68. The summed E-state index contributed by atoms with van der Waals surface area (Å²) >= 11 is 0. The molecule has 1 aliphatic carbocycles. The Morgan fingerprint density at radius 1 is 1.17 bits per heavy atom. The summed E-state index contributed by atoms with van der Waals surface area (Å²) in [4.78, 5) is 29.6. The Bertz CT molecular complexity index is 1340. The van der Waals surface area contributed by atoms with Crippen LogP contribution in [0.3, 0.4) is 0 Å². The van der Waals surface area contributed by atoms with Gasteiger partial charge in [-0.1, -0.05) is 6.08 Å². The quantitative estimate of drug-likeness (QED) is 0.498. The highest BCUT2D eigenvalue weighted by Crippen LogP contribution is 2.29. The van der Waals surface area contributed by atoms with E-state index in [0.29, 0.717) is 17.4 Å². The number of nitrogens with one attached hydrogen (secondary N) is 2. The van der Waals surface area contributed by atoms with Crippen molar-refractivity contribution < 1.29 is 13.6 Å². The number of nitrogens with zero attached hydrogens (tertiary/aromatic N) is 4. The van der Waals surface area contributed by atoms with Crippen LogP contribution in [-0.2, 0) is 4.79 Å². The van der Waals surface area contributed by atoms with Gasteiger partial charge in [-0.2, -0.15) is 0 Å². The molecule has 1 amide bonds. The number of halogens is 2. The number of nitrogens with two attached hydrogens (primary N) is 1. The summed E-state index contributed by atoms with van der Waals surface area (Å²) in [6, 6.07) is 8.18. The number of rotatable bonds is 5. The standard InChI is InChI=1S/C26H29F2N7O/c1-15(2)34-7-9-35(10-8-34)22-6-3-16(13-30-22)21-12-17-11-18(14-31-25(17)33-21)32-26(36)23-19(27)4-5-20(29)24(23)28/h3,5-6,11-15,19H,4,7-10,29H2,1-2H3,(H,31,33)(H,32,36). The van der Waals surface area contributed by atoms with Gasteiger partial charge in [0.1, 0.15) is 17.6 Å². The Labute approximate surface area is 207 Å². The normalized spacial score (nSPS) is 19.2. The fraction of sp³-hybridized carbons (Fsp3) is 0.346. The molecule has 4 heterocycles. The summed E-state index contributed by atoms with van der Waals surface area (Å²) < 4.78 is 28.4. The van der Waals surface area contributed by atoms with Crippen LogP contribution in [0.15, 0.2) is 59.8 Å². The number of anilines is 2. The SMILES string of the molecule is CC(C)N1CCN(c2ccc(-c3cc4cc(NC(=O)C5=C(F)C(N)=CCC5F)cnc4[nH]3)cn2)CC1. The molecule has 1 unspecified atom stereocenters. The fourth-order valence-electron chi connectivity index (χ4n) is 4.61. The van der Waals surface area contributed by atoms with Crippen LogP contribution in [-0.4, -0.2) is 64.2 Å². The second-order valence-corrected chi connectivity index (χ2v) is 9.41. The minimum atomic E-state index is -1.75. The molecular formula is C26H29F2N7O. The van der Waals surface area contributed by atoms with Crippen molar-refractivity contribution in [2.75, 3.05) is 36.4 Å². The number of aromatic nitrogens is 3. The van der Waals surface area contributed by atoms with E-state index in [-0.39, 0.29) is 12.1 Å². The Morgan fingerprint density at radius 2 is 1.94 bits per heavy atom. The number of carbonyl (C=O) groups excluding carboxylic acids is 1. The van der Waals surface area contributed by atoms with Gasteiger partial charge in [0.15, 0.2) is 5.83 Å². The predicted octanol–water partition coefficient (Wildman–Crippen LogP) is 3.90. The Hall–Kier alpha value is -3.79. The van der Waals surface area contributed by atoms with E-state index in [2.05, 4.69) is 43.9 Å². The topological polar surface area (TPSA) is 103 Å². The first-order valence-corrected chi connectivity index (χ1v) is 12.1. The molecule has 3 aromatic heterocycles. The molecule has 0 bridgehead atoms. The van der Waals surface area contributed by atoms with Gasteiger partial charge in [0.25, 0.3) is 5.91 Å². The molecule has 1 atom stereocenters. The average molecular weight is 494 g/mol. The minimum absolute atomic E-state index is 0.137. The molecule has 1 saturated heterocycles. The second-order valence-electron chi connectivity index (χ2n) is 9.41. The lowest BCUT2D eigenvalue weighted by molar-refractivity contribution is -0.113. The summed E-state index contributed by atoms with van der Waals surface area (Å²) in [5.74, 6) is -0.948. The van der Waals surface area contributed by atoms with Crippen molar-refractivity contribution in [2.45, 2.75) is 32.5 Å². The van der Waals surface area contributed by atoms with Gasteiger partial charge in [-0.3, -0.25) is 9.69 Å². The van der Waals surface area contributed by atoms with Crippen LogP contribution in [0, 0.1) is 0 Å². The summed E-state index contributed by atoms with van der Waals surface area (Å²) in [6.07, 6.45) is 2.62. The second kappa shape index (κ2) is 9.69. The zero-order chi connectivity index (χ0) is 25.4. The molecule has 4 N–H and O–H groups in total. The van der Waals surface area contributed by atoms with Crippen LogP contribution in [0.5, 0.6) is 0 Å². The van der Waals surface area contributed by atoms with Gasteiger partial charge in [-0.25, -0.2) is 18.7 Å². The Balaban J connectivity index is 1.30. The van der Waals surface area contributed by atoms with Crippen molar-refractivity contribution in [3.8, 4) is 11.3 Å². The molecule has 5 rings (SSSR count). The van der Waals surface area contributed by atoms with Crippen LogP contribution >= 0.6 is 0 Å². The number of H-pyrrole nitrogens is 1. The lowest BCUT2D eigenvalue weighted by Crippen LogP contribution is -2.49. The summed E-state index contributed by atoms with van der Waals surface area (Å²) in [5.41, 5.74) is 7.37. The van der Waals surface area contributed by atoms with Crippen molar-refractivity contribution in [1.29, 1.82) is 0 Å². The monoisotopic (exact) mass is 493 g/mol. The van der Waals surface area contributed by atoms with Crippen LogP contribution in [0.25, 0.3) is 22.3 Å². The highest BCUT2D eigenvalue weighted by molar-refractivity contribution is 6.06. The summed E-state index contributed by atoms with van der Waals surface area (Å²) in [6.45, 7) is 8.37. The van der Waals surface area contributed by atoms with E-state index in [1.807, 2.05) is 24.4 Å². The van der Waals surface area contributed by atoms with E-state index in [1.165, 1.54) is 12.3 Å². The first-order chi connectivity index (χ1) is 17.3. The van der Waals surface area contributed by atoms with Gasteiger partial charge in [0.2, 0.25) is 0 Å². The van der Waals surface area contributed by atoms with Crippen molar-refractivity contribution in [1.82, 2.24) is 19.9 Å². The molecular weight excluding hydrogens is 464 g/mol. The van der Waals surface area contributed by atoms with Crippen LogP contribution in [0.1, 0.15) is 20.3 Å². The number of allylic oxidation sites excluding steroid dienone is 2. The van der Waals surface area contributed by atoms with E-state index < -0.39 is 23.5 Å². The van der Waals surface area contributed by atoms with E-state index >= 15 is 0 Å². The van der Waals surface area contributed by atoms with Gasteiger partial charge in [0.05, 0.1) is 23.2 Å². The first kappa shape index (κ1) is 23.9. The van der Waals surface area contributed by atoms with Gasteiger partial charge in [0, 0.05) is 61.5 Å². The van der Waals surface area contributed by atoms with Gasteiger partial charge < -0.3 is 20.9 Å². The molecule has 0 radical (unpaired) electrons. The number of fused-ring (bicyclic) bond motifs is 1. The predicted molar refractivity (Wildman–Crippen MR) is 137 cm³/mol. The van der Waals surface area contributed by atoms with Crippen molar-refractivity contribution >= 4 is 28.4 Å². The smallest absolute Gasteiger partial charge is 0.257 e. The number of hydrogen-bond acceptors (Lipinski definition) is 6. The largest absolute Gasteiger partial charge is 0.397 e. The van der Waals surface area contributed by atoms with Crippen LogP contribution < -0.4 is 16.0 Å². The molecule has 1 fully saturated rings. The zero-order valence-corrected chi connectivity index (χ0v) is 20.3. The maximum atomic E-state index is 14.2. The Kier molecular flexibility index (Phi) is 6.44. The third-order valence-corrected chi connectivity index (χ3v) is 6.75. The lowest BCUT2D eigenvalue weighted by atomic mass is 9.99. The number of pyridine rings is 2. The van der Waals surface area contributed by atoms with E-state index in [4.69, 9.17) is 5.73 Å². The lowest BCUT2D eigenvalue weighted by Gasteiger charge is -2.37. The molecule has 0 aromatic carbocycles. The Morgan fingerprint density at radius 3 is 2.64 bits per heavy atom. The molecule has 36 heavy (non-hydrogen) atoms. The maximum Gasteiger partial charge on any atom is 0.257 e. The van der Waals surface area contributed by atoms with E-state index in [9.17, 15) is 13.6 Å². The molecule has 0 saturated carbocycles. The number of piperazine rings is 1. The van der Waals surface area contributed by atoms with Gasteiger partial charge in [-0.05, 0) is 38.1 Å². The molecule has 8 nitrogen and oxygen atoms in total. The fourth-order valence-corrected chi connectivity index (χ4v) is 4.61. The zero-order valence-electron chi connectivity index (χ0n) is 20.3. The van der Waals surface area contributed by atoms with Gasteiger partial charge in [-0.15, -0.1) is 0 Å². The molecule has 1 aliphatic heterocycles. The first-order valence-electron chi connectivity index (χ1n) is 12.1. The summed E-state index contributed by atoms with van der Waals surface area (Å²) in [5, 5.41) is 3.27. The third-order valence-electron chi connectivity index (χ3n) is 6.75. The highest BCUT2D eigenvalue weighted by atomic mass is 19.1. The number of amides is 1. The molecule has 188 valence electrons. The summed E-state index contributed by atoms with van der Waals surface area (Å²) in [7, 11) is 0. The molecule has 3 aromatic rings. The average Bonchev–Trinajstić information content (AvgIpc) is 3.30. The molecule has 10 heteroatoms. The van der Waals surface area contributed by atoms with Crippen molar-refractivity contribution in [3.05, 3.63) is 59.8 Å². The number of carbonyl (C=O) groups is 1. The molecule has 0 spiro atoms. The molecule has 2 aliphatic rings. The van der Waals surface area contributed by atoms with Gasteiger partial charge >= 0.3 is 0 Å². The highest BCUT2D eigenvalue weighted by Gasteiger charge is 2.29. The number of aromatic amines is 1. The van der Waals surface area contributed by atoms with E-state index in [0.717, 1.165) is 48.6 Å². The van der Waals surface area contributed by atoms with Crippen molar-refractivity contribution in [3.63, 3.8) is 0 Å². The minimum Gasteiger partial charge on any atom is -0.397 e.